The molecular formula is C22H22Cl2N2O3. The number of halogens is 2. The summed E-state index contributed by atoms with van der Waals surface area (Å²) in [6.45, 7) is 5.38. The van der Waals surface area contributed by atoms with E-state index in [0.29, 0.717) is 28.0 Å². The van der Waals surface area contributed by atoms with Crippen LogP contribution >= 0.6 is 23.2 Å². The first-order valence-corrected chi connectivity index (χ1v) is 10.4. The fraction of sp³-hybridized carbons (Fsp3) is 0.318. The molecule has 2 aromatic carbocycles. The van der Waals surface area contributed by atoms with E-state index in [1.165, 1.54) is 6.07 Å². The summed E-state index contributed by atoms with van der Waals surface area (Å²) in [7, 11) is 0. The van der Waals surface area contributed by atoms with E-state index in [9.17, 15) is 4.79 Å². The van der Waals surface area contributed by atoms with E-state index in [0.717, 1.165) is 50.2 Å². The molecule has 0 N–H and O–H groups in total. The SMILES string of the molecule is O=c1ccc2ccc(OCCCN3CCN(c4cccc(Cl)c4Cl)CC3)cc2o1. The Morgan fingerprint density at radius 2 is 1.79 bits per heavy atom. The normalized spacial score (nSPS) is 15.0. The summed E-state index contributed by atoms with van der Waals surface area (Å²) in [5.41, 5.74) is 1.20. The molecule has 0 saturated carbocycles. The third kappa shape index (κ3) is 4.86. The molecule has 0 atom stereocenters. The third-order valence-electron chi connectivity index (χ3n) is 5.13. The van der Waals surface area contributed by atoms with Crippen LogP contribution in [-0.2, 0) is 0 Å². The maximum absolute atomic E-state index is 11.3. The van der Waals surface area contributed by atoms with E-state index in [2.05, 4.69) is 9.80 Å². The fourth-order valence-electron chi connectivity index (χ4n) is 3.56. The molecule has 1 aromatic heterocycles. The monoisotopic (exact) mass is 432 g/mol. The first-order valence-electron chi connectivity index (χ1n) is 9.68. The van der Waals surface area contributed by atoms with E-state index in [-0.39, 0.29) is 5.63 Å². The maximum atomic E-state index is 11.3. The molecule has 3 aromatic rings. The van der Waals surface area contributed by atoms with Crippen LogP contribution in [-0.4, -0.2) is 44.2 Å². The molecule has 4 rings (SSSR count). The molecule has 1 aliphatic rings. The molecule has 1 aliphatic heterocycles. The van der Waals surface area contributed by atoms with Crippen molar-refractivity contribution in [2.75, 3.05) is 44.2 Å². The van der Waals surface area contributed by atoms with Gasteiger partial charge in [0, 0.05) is 50.2 Å². The molecule has 0 radical (unpaired) electrons. The van der Waals surface area contributed by atoms with E-state index >= 15 is 0 Å². The van der Waals surface area contributed by atoms with Crippen LogP contribution in [0.1, 0.15) is 6.42 Å². The second-order valence-electron chi connectivity index (χ2n) is 7.06. The summed E-state index contributed by atoms with van der Waals surface area (Å²) in [5, 5.41) is 2.11. The molecule has 0 spiro atoms. The van der Waals surface area contributed by atoms with Gasteiger partial charge in [0.1, 0.15) is 11.3 Å². The highest BCUT2D eigenvalue weighted by Gasteiger charge is 2.19. The molecule has 1 saturated heterocycles. The summed E-state index contributed by atoms with van der Waals surface area (Å²) in [6, 6.07) is 14.5. The third-order valence-corrected chi connectivity index (χ3v) is 5.94. The van der Waals surface area contributed by atoms with Crippen LogP contribution in [0.25, 0.3) is 11.0 Å². The smallest absolute Gasteiger partial charge is 0.336 e. The zero-order chi connectivity index (χ0) is 20.2. The number of ether oxygens (including phenoxy) is 1. The van der Waals surface area contributed by atoms with E-state index in [1.54, 1.807) is 12.1 Å². The van der Waals surface area contributed by atoms with Crippen LogP contribution in [0, 0.1) is 0 Å². The van der Waals surface area contributed by atoms with Gasteiger partial charge in [-0.25, -0.2) is 4.79 Å². The van der Waals surface area contributed by atoms with Gasteiger partial charge in [-0.1, -0.05) is 29.3 Å². The molecule has 5 nitrogen and oxygen atoms in total. The first kappa shape index (κ1) is 20.1. The summed E-state index contributed by atoms with van der Waals surface area (Å²) >= 11 is 12.5. The van der Waals surface area contributed by atoms with Crippen molar-refractivity contribution in [3.05, 3.63) is 69.0 Å². The summed E-state index contributed by atoms with van der Waals surface area (Å²) < 4.78 is 11.0. The largest absolute Gasteiger partial charge is 0.493 e. The van der Waals surface area contributed by atoms with Gasteiger partial charge in [0.05, 0.1) is 22.3 Å². The van der Waals surface area contributed by atoms with Gasteiger partial charge >= 0.3 is 5.63 Å². The minimum atomic E-state index is -0.354. The van der Waals surface area contributed by atoms with Crippen molar-refractivity contribution in [1.82, 2.24) is 4.90 Å². The van der Waals surface area contributed by atoms with Gasteiger partial charge in [-0.15, -0.1) is 0 Å². The van der Waals surface area contributed by atoms with E-state index in [1.807, 2.05) is 30.3 Å². The Hall–Kier alpha value is -2.21. The highest BCUT2D eigenvalue weighted by molar-refractivity contribution is 6.43. The Kier molecular flexibility index (Phi) is 6.28. The van der Waals surface area contributed by atoms with Gasteiger partial charge in [0.25, 0.3) is 0 Å². The van der Waals surface area contributed by atoms with Gasteiger partial charge in [0.15, 0.2) is 0 Å². The van der Waals surface area contributed by atoms with Crippen molar-refractivity contribution in [3.8, 4) is 5.75 Å². The van der Waals surface area contributed by atoms with Crippen molar-refractivity contribution in [1.29, 1.82) is 0 Å². The van der Waals surface area contributed by atoms with Crippen molar-refractivity contribution < 1.29 is 9.15 Å². The maximum Gasteiger partial charge on any atom is 0.336 e. The Morgan fingerprint density at radius 1 is 1.00 bits per heavy atom. The fourth-order valence-corrected chi connectivity index (χ4v) is 3.97. The summed E-state index contributed by atoms with van der Waals surface area (Å²) in [4.78, 5) is 16.1. The lowest BCUT2D eigenvalue weighted by Crippen LogP contribution is -2.46. The zero-order valence-corrected chi connectivity index (χ0v) is 17.5. The number of anilines is 1. The highest BCUT2D eigenvalue weighted by atomic mass is 35.5. The lowest BCUT2D eigenvalue weighted by atomic mass is 10.2. The quantitative estimate of drug-likeness (QED) is 0.417. The molecule has 7 heteroatoms. The Labute approximate surface area is 179 Å². The molecule has 29 heavy (non-hydrogen) atoms. The summed E-state index contributed by atoms with van der Waals surface area (Å²) in [6.07, 6.45) is 0.925. The van der Waals surface area contributed by atoms with Gasteiger partial charge < -0.3 is 14.1 Å². The second kappa shape index (κ2) is 9.08. The van der Waals surface area contributed by atoms with Crippen molar-refractivity contribution in [2.24, 2.45) is 0 Å². The minimum absolute atomic E-state index is 0.354. The van der Waals surface area contributed by atoms with Crippen molar-refractivity contribution in [2.45, 2.75) is 6.42 Å². The average molecular weight is 433 g/mol. The van der Waals surface area contributed by atoms with Crippen molar-refractivity contribution in [3.63, 3.8) is 0 Å². The molecule has 0 bridgehead atoms. The van der Waals surface area contributed by atoms with E-state index in [4.69, 9.17) is 32.4 Å². The molecule has 0 aliphatic carbocycles. The second-order valence-corrected chi connectivity index (χ2v) is 7.84. The lowest BCUT2D eigenvalue weighted by molar-refractivity contribution is 0.225. The highest BCUT2D eigenvalue weighted by Crippen LogP contribution is 2.32. The van der Waals surface area contributed by atoms with E-state index < -0.39 is 0 Å². The molecule has 152 valence electrons. The van der Waals surface area contributed by atoms with Crippen LogP contribution in [0.3, 0.4) is 0 Å². The minimum Gasteiger partial charge on any atom is -0.493 e. The Balaban J connectivity index is 1.23. The summed E-state index contributed by atoms with van der Waals surface area (Å²) in [5.74, 6) is 0.715. The Bertz CT molecular complexity index is 1050. The number of nitrogens with zero attached hydrogens (tertiary/aromatic N) is 2. The predicted octanol–water partition coefficient (Wildman–Crippen LogP) is 4.69. The van der Waals surface area contributed by atoms with Crippen LogP contribution < -0.4 is 15.3 Å². The molecule has 0 unspecified atom stereocenters. The van der Waals surface area contributed by atoms with Gasteiger partial charge in [-0.3, -0.25) is 4.90 Å². The standard InChI is InChI=1S/C22H22Cl2N2O3/c23-18-3-1-4-19(22(18)24)26-12-10-25(11-13-26)9-2-14-28-17-7-5-16-6-8-21(27)29-20(16)15-17/h1,3-8,15H,2,9-14H2. The van der Waals surface area contributed by atoms with Gasteiger partial charge in [0.2, 0.25) is 0 Å². The van der Waals surface area contributed by atoms with Gasteiger partial charge in [-0.2, -0.15) is 0 Å². The Morgan fingerprint density at radius 3 is 2.62 bits per heavy atom. The number of rotatable bonds is 6. The molecule has 0 amide bonds. The lowest BCUT2D eigenvalue weighted by Gasteiger charge is -2.36. The first-order chi connectivity index (χ1) is 14.1. The topological polar surface area (TPSA) is 45.9 Å². The number of hydrogen-bond donors (Lipinski definition) is 0. The van der Waals surface area contributed by atoms with Crippen LogP contribution in [0.5, 0.6) is 5.75 Å². The van der Waals surface area contributed by atoms with Crippen LogP contribution in [0.2, 0.25) is 10.0 Å². The number of benzene rings is 2. The number of fused-ring (bicyclic) bond motifs is 1. The predicted molar refractivity (Wildman–Crippen MR) is 118 cm³/mol. The average Bonchev–Trinajstić information content (AvgIpc) is 2.73. The molecular weight excluding hydrogens is 411 g/mol. The van der Waals surface area contributed by atoms with Crippen molar-refractivity contribution >= 4 is 39.9 Å². The number of hydrogen-bond acceptors (Lipinski definition) is 5. The molecule has 2 heterocycles. The zero-order valence-electron chi connectivity index (χ0n) is 15.9. The molecule has 1 fully saturated rings. The van der Waals surface area contributed by atoms with Gasteiger partial charge in [-0.05, 0) is 36.8 Å². The van der Waals surface area contributed by atoms with Crippen LogP contribution in [0.4, 0.5) is 5.69 Å². The number of piperazine rings is 1. The van der Waals surface area contributed by atoms with Crippen LogP contribution in [0.15, 0.2) is 57.7 Å².